The summed E-state index contributed by atoms with van der Waals surface area (Å²) in [5, 5.41) is 2.43. The van der Waals surface area contributed by atoms with Gasteiger partial charge in [0.2, 0.25) is 0 Å². The van der Waals surface area contributed by atoms with Gasteiger partial charge < -0.3 is 0 Å². The van der Waals surface area contributed by atoms with Crippen LogP contribution in [0.3, 0.4) is 0 Å². The molecule has 0 aliphatic carbocycles. The van der Waals surface area contributed by atoms with Gasteiger partial charge in [0.15, 0.2) is 0 Å². The number of amides is 1. The summed E-state index contributed by atoms with van der Waals surface area (Å²) in [6.07, 6.45) is 1.40. The fraction of sp³-hybridized carbons (Fsp3) is 0.571. The number of carbonyl (C=O) groups is 1. The topological polar surface area (TPSA) is 20.3 Å². The van der Waals surface area contributed by atoms with Crippen molar-refractivity contribution in [2.24, 2.45) is 0 Å². The summed E-state index contributed by atoms with van der Waals surface area (Å²) < 4.78 is 0. The molecule has 0 aromatic rings. The summed E-state index contributed by atoms with van der Waals surface area (Å²) in [5.74, 6) is 0.0931. The maximum absolute atomic E-state index is 11.0. The molecule has 2 nitrogen and oxygen atoms in total. The van der Waals surface area contributed by atoms with Crippen molar-refractivity contribution in [1.82, 2.24) is 4.90 Å². The maximum atomic E-state index is 11.0. The number of hydrogen-bond donors (Lipinski definition) is 0. The first kappa shape index (κ1) is 7.83. The van der Waals surface area contributed by atoms with E-state index in [1.807, 2.05) is 4.90 Å². The van der Waals surface area contributed by atoms with Crippen molar-refractivity contribution >= 4 is 20.9 Å². The Morgan fingerprint density at radius 2 is 2.10 bits per heavy atom. The molecule has 1 aliphatic rings. The Labute approximate surface area is 67.4 Å². The van der Waals surface area contributed by atoms with Crippen LogP contribution < -0.4 is 0 Å². The first-order valence-electron chi connectivity index (χ1n) is 3.33. The van der Waals surface area contributed by atoms with Gasteiger partial charge in [-0.1, -0.05) is 0 Å². The molecule has 1 aliphatic heterocycles. The molecular weight excluding hydrogens is 193 g/mol. The van der Waals surface area contributed by atoms with Crippen molar-refractivity contribution in [3.8, 4) is 0 Å². The Morgan fingerprint density at radius 1 is 1.50 bits per heavy atom. The molecule has 0 aromatic heterocycles. The molecule has 0 bridgehead atoms. The van der Waals surface area contributed by atoms with E-state index >= 15 is 0 Å². The Morgan fingerprint density at radius 3 is 2.60 bits per heavy atom. The summed E-state index contributed by atoms with van der Waals surface area (Å²) in [5.41, 5.74) is 0. The zero-order valence-corrected chi connectivity index (χ0v) is 7.59. The molecule has 1 amide bonds. The minimum atomic E-state index is 0.0931. The van der Waals surface area contributed by atoms with Crippen LogP contribution in [0.4, 0.5) is 0 Å². The molecule has 0 spiro atoms. The van der Waals surface area contributed by atoms with E-state index in [4.69, 9.17) is 0 Å². The van der Waals surface area contributed by atoms with Crippen molar-refractivity contribution in [2.45, 2.75) is 10.6 Å². The van der Waals surface area contributed by atoms with Gasteiger partial charge in [0.25, 0.3) is 0 Å². The van der Waals surface area contributed by atoms with Crippen molar-refractivity contribution in [3.05, 3.63) is 12.7 Å². The van der Waals surface area contributed by atoms with Crippen LogP contribution in [0.15, 0.2) is 12.7 Å². The van der Waals surface area contributed by atoms with Gasteiger partial charge in [-0.15, -0.1) is 0 Å². The van der Waals surface area contributed by atoms with E-state index < -0.39 is 0 Å². The van der Waals surface area contributed by atoms with Crippen LogP contribution in [0.5, 0.6) is 0 Å². The fourth-order valence-corrected chi connectivity index (χ4v) is 2.81. The molecule has 1 heterocycles. The Hall–Kier alpha value is -0.271. The molecule has 0 saturated carbocycles. The average molecular weight is 204 g/mol. The van der Waals surface area contributed by atoms with Gasteiger partial charge in [0.1, 0.15) is 0 Å². The average Bonchev–Trinajstić information content (AvgIpc) is 2.05. The molecule has 10 heavy (non-hydrogen) atoms. The van der Waals surface area contributed by atoms with Crippen LogP contribution >= 0.6 is 0 Å². The molecule has 1 saturated heterocycles. The van der Waals surface area contributed by atoms with Crippen LogP contribution in [0.2, 0.25) is 10.6 Å². The van der Waals surface area contributed by atoms with E-state index in [2.05, 4.69) is 6.58 Å². The van der Waals surface area contributed by atoms with E-state index in [9.17, 15) is 4.79 Å². The van der Waals surface area contributed by atoms with Crippen molar-refractivity contribution < 1.29 is 4.79 Å². The van der Waals surface area contributed by atoms with E-state index in [-0.39, 0.29) is 5.91 Å². The number of carbonyl (C=O) groups excluding carboxylic acids is 1. The van der Waals surface area contributed by atoms with E-state index in [0.29, 0.717) is 0 Å². The quantitative estimate of drug-likeness (QED) is 0.451. The standard InChI is InChI=1S/C7H11NOSe/c1-2-7(9)8-3-5-10-6-4-8/h2H,1,3-6H2. The molecule has 0 N–H and O–H groups in total. The monoisotopic (exact) mass is 205 g/mol. The van der Waals surface area contributed by atoms with Crippen LogP contribution in [0.1, 0.15) is 0 Å². The van der Waals surface area contributed by atoms with Gasteiger partial charge in [-0.05, 0) is 0 Å². The first-order chi connectivity index (χ1) is 4.84. The van der Waals surface area contributed by atoms with E-state index in [1.165, 1.54) is 16.7 Å². The molecule has 56 valence electrons. The van der Waals surface area contributed by atoms with Gasteiger partial charge in [-0.25, -0.2) is 0 Å². The molecule has 1 rings (SSSR count). The van der Waals surface area contributed by atoms with Crippen LogP contribution in [0.25, 0.3) is 0 Å². The summed E-state index contributed by atoms with van der Waals surface area (Å²) in [7, 11) is 0. The predicted molar refractivity (Wildman–Crippen MR) is 42.1 cm³/mol. The van der Waals surface area contributed by atoms with Gasteiger partial charge in [-0.2, -0.15) is 0 Å². The Balaban J connectivity index is 2.38. The van der Waals surface area contributed by atoms with Crippen molar-refractivity contribution in [1.29, 1.82) is 0 Å². The van der Waals surface area contributed by atoms with Gasteiger partial charge in [-0.3, -0.25) is 0 Å². The van der Waals surface area contributed by atoms with Crippen LogP contribution in [0, 0.1) is 0 Å². The van der Waals surface area contributed by atoms with Crippen LogP contribution in [-0.4, -0.2) is 38.9 Å². The molecule has 0 radical (unpaired) electrons. The predicted octanol–water partition coefficient (Wildman–Crippen LogP) is 0.555. The van der Waals surface area contributed by atoms with E-state index in [0.717, 1.165) is 28.0 Å². The number of hydrogen-bond acceptors (Lipinski definition) is 1. The molecule has 0 unspecified atom stereocenters. The molecule has 3 heteroatoms. The minimum absolute atomic E-state index is 0.0931. The van der Waals surface area contributed by atoms with Gasteiger partial charge >= 0.3 is 66.9 Å². The third-order valence-electron chi connectivity index (χ3n) is 1.50. The Bertz CT molecular complexity index is 141. The van der Waals surface area contributed by atoms with Crippen LogP contribution in [-0.2, 0) is 4.79 Å². The summed E-state index contributed by atoms with van der Waals surface area (Å²) in [6.45, 7) is 5.35. The number of rotatable bonds is 1. The van der Waals surface area contributed by atoms with Gasteiger partial charge in [0, 0.05) is 0 Å². The van der Waals surface area contributed by atoms with E-state index in [1.54, 1.807) is 0 Å². The summed E-state index contributed by atoms with van der Waals surface area (Å²) >= 11 is 0.790. The summed E-state index contributed by atoms with van der Waals surface area (Å²) in [4.78, 5) is 12.9. The molecular formula is C7H11NOSe. The summed E-state index contributed by atoms with van der Waals surface area (Å²) in [6, 6.07) is 0. The first-order valence-corrected chi connectivity index (χ1v) is 5.76. The molecule has 0 atom stereocenters. The fourth-order valence-electron chi connectivity index (χ4n) is 0.913. The zero-order chi connectivity index (χ0) is 7.40. The van der Waals surface area contributed by atoms with Gasteiger partial charge in [0.05, 0.1) is 0 Å². The third-order valence-corrected chi connectivity index (χ3v) is 3.47. The molecule has 1 fully saturated rings. The second-order valence-electron chi connectivity index (χ2n) is 2.14. The molecule has 0 aromatic carbocycles. The second kappa shape index (κ2) is 3.79. The SMILES string of the molecule is C=CC(=O)N1CC[Se]CC1. The third kappa shape index (κ3) is 1.86. The zero-order valence-electron chi connectivity index (χ0n) is 5.88. The normalized spacial score (nSPS) is 18.6. The van der Waals surface area contributed by atoms with Crippen molar-refractivity contribution in [3.63, 3.8) is 0 Å². The second-order valence-corrected chi connectivity index (χ2v) is 4.71. The Kier molecular flexibility index (Phi) is 2.97. The van der Waals surface area contributed by atoms with Crippen molar-refractivity contribution in [2.75, 3.05) is 13.1 Å². The number of nitrogens with zero attached hydrogens (tertiary/aromatic N) is 1.